The molecule has 7 heteroatoms. The van der Waals surface area contributed by atoms with Crippen molar-refractivity contribution in [3.05, 3.63) is 53.9 Å². The van der Waals surface area contributed by atoms with Gasteiger partial charge in [-0.05, 0) is 48.2 Å². The summed E-state index contributed by atoms with van der Waals surface area (Å²) in [7, 11) is 1.80. The van der Waals surface area contributed by atoms with Gasteiger partial charge in [-0.3, -0.25) is 14.6 Å². The summed E-state index contributed by atoms with van der Waals surface area (Å²) in [5, 5.41) is 2.92. The van der Waals surface area contributed by atoms with Gasteiger partial charge in [-0.2, -0.15) is 0 Å². The number of carbonyl (C=O) groups is 2. The number of pyridine rings is 1. The molecular formula is C21H23N3O4. The highest BCUT2D eigenvalue weighted by Gasteiger charge is 2.48. The first-order valence-corrected chi connectivity index (χ1v) is 9.42. The summed E-state index contributed by atoms with van der Waals surface area (Å²) in [6.07, 6.45) is 4.89. The minimum absolute atomic E-state index is 0.0392. The van der Waals surface area contributed by atoms with Crippen LogP contribution in [0.3, 0.4) is 0 Å². The summed E-state index contributed by atoms with van der Waals surface area (Å²) in [6.45, 7) is 1.27. The van der Waals surface area contributed by atoms with E-state index in [-0.39, 0.29) is 30.4 Å². The molecule has 2 aromatic rings. The first kappa shape index (κ1) is 18.3. The quantitative estimate of drug-likeness (QED) is 0.791. The van der Waals surface area contributed by atoms with Crippen molar-refractivity contribution in [2.24, 2.45) is 11.8 Å². The minimum atomic E-state index is -0.232. The highest BCUT2D eigenvalue weighted by molar-refractivity contribution is 5.92. The lowest BCUT2D eigenvalue weighted by atomic mass is 10.2. The lowest BCUT2D eigenvalue weighted by molar-refractivity contribution is -0.133. The lowest BCUT2D eigenvalue weighted by Gasteiger charge is -2.17. The minimum Gasteiger partial charge on any atom is -0.454 e. The molecule has 1 saturated carbocycles. The number of carbonyl (C=O) groups excluding carboxylic acids is 2. The number of fused-ring (bicyclic) bond motifs is 1. The van der Waals surface area contributed by atoms with E-state index in [1.807, 2.05) is 30.3 Å². The van der Waals surface area contributed by atoms with Crippen LogP contribution in [0.2, 0.25) is 0 Å². The van der Waals surface area contributed by atoms with Crippen LogP contribution in [0.15, 0.2) is 42.7 Å². The van der Waals surface area contributed by atoms with Crippen molar-refractivity contribution in [1.82, 2.24) is 15.2 Å². The molecule has 1 aromatic carbocycles. The Morgan fingerprint density at radius 1 is 1.11 bits per heavy atom. The molecule has 1 fully saturated rings. The summed E-state index contributed by atoms with van der Waals surface area (Å²) in [4.78, 5) is 30.6. The number of likely N-dealkylation sites (N-methyl/N-ethyl adjacent to an activating group) is 1. The lowest BCUT2D eigenvalue weighted by Crippen LogP contribution is -2.32. The van der Waals surface area contributed by atoms with Crippen molar-refractivity contribution >= 4 is 11.8 Å². The van der Waals surface area contributed by atoms with Crippen molar-refractivity contribution in [3.8, 4) is 11.5 Å². The number of hydrogen-bond donors (Lipinski definition) is 1. The fourth-order valence-corrected chi connectivity index (χ4v) is 3.37. The third-order valence-corrected chi connectivity index (χ3v) is 5.21. The molecule has 0 spiro atoms. The Morgan fingerprint density at radius 2 is 1.89 bits per heavy atom. The molecule has 0 bridgehead atoms. The molecule has 2 atom stereocenters. The molecule has 1 aliphatic heterocycles. The van der Waals surface area contributed by atoms with Gasteiger partial charge in [-0.1, -0.05) is 6.07 Å². The van der Waals surface area contributed by atoms with Crippen LogP contribution in [0.25, 0.3) is 0 Å². The van der Waals surface area contributed by atoms with Crippen LogP contribution >= 0.6 is 0 Å². The van der Waals surface area contributed by atoms with Crippen LogP contribution in [-0.4, -0.2) is 42.1 Å². The summed E-state index contributed by atoms with van der Waals surface area (Å²) in [5.41, 5.74) is 2.08. The number of hydrogen-bond acceptors (Lipinski definition) is 5. The van der Waals surface area contributed by atoms with Gasteiger partial charge in [-0.15, -0.1) is 0 Å². The first-order chi connectivity index (χ1) is 13.6. The standard InChI is InChI=1S/C21H23N3O4/c1-24(9-6-14-4-7-22-8-5-14)21(26)17-11-16(17)20(25)23-12-15-2-3-18-19(10-15)28-13-27-18/h2-5,7-8,10,16-17H,6,9,11-13H2,1H3,(H,23,25). The van der Waals surface area contributed by atoms with E-state index in [4.69, 9.17) is 9.47 Å². The van der Waals surface area contributed by atoms with E-state index in [9.17, 15) is 9.59 Å². The van der Waals surface area contributed by atoms with E-state index in [2.05, 4.69) is 10.3 Å². The SMILES string of the molecule is CN(CCc1ccncc1)C(=O)C1CC1C(=O)NCc1ccc2c(c1)OCO2. The smallest absolute Gasteiger partial charge is 0.231 e. The normalized spacial score (nSPS) is 19.2. The number of amides is 2. The van der Waals surface area contributed by atoms with Crippen LogP contribution in [-0.2, 0) is 22.6 Å². The average Bonchev–Trinajstić information content (AvgIpc) is 3.39. The fraction of sp³-hybridized carbons (Fsp3) is 0.381. The largest absolute Gasteiger partial charge is 0.454 e. The Labute approximate surface area is 163 Å². The van der Waals surface area contributed by atoms with Crippen molar-refractivity contribution in [1.29, 1.82) is 0 Å². The molecule has 7 nitrogen and oxygen atoms in total. The zero-order valence-electron chi connectivity index (χ0n) is 15.8. The highest BCUT2D eigenvalue weighted by Crippen LogP contribution is 2.40. The molecule has 1 N–H and O–H groups in total. The number of ether oxygens (including phenoxy) is 2. The highest BCUT2D eigenvalue weighted by atomic mass is 16.7. The third kappa shape index (κ3) is 4.08. The van der Waals surface area contributed by atoms with E-state index in [0.29, 0.717) is 25.3 Å². The predicted octanol–water partition coefficient (Wildman–Crippen LogP) is 1.76. The summed E-state index contributed by atoms with van der Waals surface area (Å²) in [5.74, 6) is 0.944. The zero-order chi connectivity index (χ0) is 19.5. The number of nitrogens with zero attached hydrogens (tertiary/aromatic N) is 2. The van der Waals surface area contributed by atoms with Gasteiger partial charge in [0.05, 0.1) is 11.8 Å². The maximum Gasteiger partial charge on any atom is 0.231 e. The molecule has 1 aromatic heterocycles. The molecule has 0 radical (unpaired) electrons. The predicted molar refractivity (Wildman–Crippen MR) is 102 cm³/mol. The summed E-state index contributed by atoms with van der Waals surface area (Å²) in [6, 6.07) is 9.50. The van der Waals surface area contributed by atoms with Gasteiger partial charge in [0.25, 0.3) is 0 Å². The Bertz CT molecular complexity index is 871. The van der Waals surface area contributed by atoms with E-state index < -0.39 is 0 Å². The molecule has 2 aliphatic rings. The number of rotatable bonds is 7. The maximum atomic E-state index is 12.5. The topological polar surface area (TPSA) is 80.8 Å². The summed E-state index contributed by atoms with van der Waals surface area (Å²) < 4.78 is 10.6. The molecule has 0 saturated heterocycles. The number of benzene rings is 1. The number of nitrogens with one attached hydrogen (secondary N) is 1. The van der Waals surface area contributed by atoms with E-state index in [1.165, 1.54) is 0 Å². The molecule has 4 rings (SSSR count). The van der Waals surface area contributed by atoms with Crippen LogP contribution in [0.1, 0.15) is 17.5 Å². The van der Waals surface area contributed by atoms with Crippen molar-refractivity contribution in [3.63, 3.8) is 0 Å². The Balaban J connectivity index is 1.23. The summed E-state index contributed by atoms with van der Waals surface area (Å²) >= 11 is 0. The van der Waals surface area contributed by atoms with Crippen molar-refractivity contribution in [2.75, 3.05) is 20.4 Å². The van der Waals surface area contributed by atoms with Gasteiger partial charge in [-0.25, -0.2) is 0 Å². The second-order valence-corrected chi connectivity index (χ2v) is 7.22. The Morgan fingerprint density at radius 3 is 2.71 bits per heavy atom. The first-order valence-electron chi connectivity index (χ1n) is 9.42. The molecule has 1 aliphatic carbocycles. The van der Waals surface area contributed by atoms with Gasteiger partial charge >= 0.3 is 0 Å². The number of aromatic nitrogens is 1. The van der Waals surface area contributed by atoms with E-state index in [1.54, 1.807) is 24.3 Å². The van der Waals surface area contributed by atoms with Crippen LogP contribution < -0.4 is 14.8 Å². The van der Waals surface area contributed by atoms with Gasteiger partial charge in [0.1, 0.15) is 0 Å². The van der Waals surface area contributed by atoms with E-state index >= 15 is 0 Å². The third-order valence-electron chi connectivity index (χ3n) is 5.21. The van der Waals surface area contributed by atoms with Crippen LogP contribution in [0, 0.1) is 11.8 Å². The van der Waals surface area contributed by atoms with Crippen LogP contribution in [0.4, 0.5) is 0 Å². The van der Waals surface area contributed by atoms with Gasteiger partial charge in [0.15, 0.2) is 11.5 Å². The molecule has 2 heterocycles. The van der Waals surface area contributed by atoms with Crippen molar-refractivity contribution < 1.29 is 19.1 Å². The zero-order valence-corrected chi connectivity index (χ0v) is 15.8. The molecule has 146 valence electrons. The van der Waals surface area contributed by atoms with Gasteiger partial charge in [0.2, 0.25) is 18.6 Å². The fourth-order valence-electron chi connectivity index (χ4n) is 3.37. The molecule has 2 amide bonds. The second-order valence-electron chi connectivity index (χ2n) is 7.22. The molecule has 28 heavy (non-hydrogen) atoms. The Kier molecular flexibility index (Phi) is 5.14. The van der Waals surface area contributed by atoms with Gasteiger partial charge in [0, 0.05) is 32.5 Å². The molecular weight excluding hydrogens is 358 g/mol. The maximum absolute atomic E-state index is 12.5. The second kappa shape index (κ2) is 7.88. The monoisotopic (exact) mass is 381 g/mol. The molecule has 2 unspecified atom stereocenters. The van der Waals surface area contributed by atoms with Gasteiger partial charge < -0.3 is 19.7 Å². The average molecular weight is 381 g/mol. The Hall–Kier alpha value is -3.09. The van der Waals surface area contributed by atoms with Crippen molar-refractivity contribution in [2.45, 2.75) is 19.4 Å². The van der Waals surface area contributed by atoms with Crippen LogP contribution in [0.5, 0.6) is 11.5 Å². The van der Waals surface area contributed by atoms with E-state index in [0.717, 1.165) is 23.3 Å².